The number of esters is 1. The zero-order valence-corrected chi connectivity index (χ0v) is 17.5. The summed E-state index contributed by atoms with van der Waals surface area (Å²) in [6, 6.07) is 6.84. The van der Waals surface area contributed by atoms with Gasteiger partial charge in [-0.3, -0.25) is 4.79 Å². The molecule has 0 unspecified atom stereocenters. The van der Waals surface area contributed by atoms with Crippen LogP contribution in [0.5, 0.6) is 28.7 Å². The summed E-state index contributed by atoms with van der Waals surface area (Å²) in [4.78, 5) is 23.5. The highest BCUT2D eigenvalue weighted by Crippen LogP contribution is 2.35. The van der Waals surface area contributed by atoms with Crippen molar-refractivity contribution in [2.45, 2.75) is 6.18 Å². The van der Waals surface area contributed by atoms with Crippen LogP contribution in [0.15, 0.2) is 36.4 Å². The molecular formula is C21H20F3NO7. The lowest BCUT2D eigenvalue weighted by molar-refractivity contribution is -0.189. The number of benzene rings is 2. The molecule has 172 valence electrons. The molecule has 1 amide bonds. The van der Waals surface area contributed by atoms with Crippen molar-refractivity contribution in [2.24, 2.45) is 0 Å². The van der Waals surface area contributed by atoms with Gasteiger partial charge < -0.3 is 29.0 Å². The summed E-state index contributed by atoms with van der Waals surface area (Å²) in [6.45, 7) is 0. The standard InChI is InChI=1S/C21H20F3NO7/c1-28-13-10-16(30-3)14(17(11-13)31-4)6-8-19(26)25-12-5-7-15(29-2)18(9-12)32-20(27)21(22,23)24/h5-11H,1-4H3,(H,25,26). The molecule has 0 fully saturated rings. The van der Waals surface area contributed by atoms with Gasteiger partial charge in [0, 0.05) is 30.0 Å². The van der Waals surface area contributed by atoms with Crippen LogP contribution in [0.1, 0.15) is 5.56 Å². The summed E-state index contributed by atoms with van der Waals surface area (Å²) in [5, 5.41) is 2.45. The van der Waals surface area contributed by atoms with E-state index in [9.17, 15) is 22.8 Å². The minimum atomic E-state index is -5.19. The summed E-state index contributed by atoms with van der Waals surface area (Å²) in [5.41, 5.74) is 0.527. The third-order valence-corrected chi connectivity index (χ3v) is 4.02. The van der Waals surface area contributed by atoms with Gasteiger partial charge in [0.05, 0.1) is 34.0 Å². The zero-order chi connectivity index (χ0) is 23.9. The van der Waals surface area contributed by atoms with Crippen molar-refractivity contribution in [3.05, 3.63) is 42.0 Å². The summed E-state index contributed by atoms with van der Waals surface area (Å²) < 4.78 is 62.4. The number of rotatable bonds is 8. The third-order valence-electron chi connectivity index (χ3n) is 4.02. The van der Waals surface area contributed by atoms with Crippen LogP contribution in [0.25, 0.3) is 6.08 Å². The van der Waals surface area contributed by atoms with Crippen molar-refractivity contribution < 1.29 is 46.4 Å². The Hall–Kier alpha value is -3.89. The first-order valence-electron chi connectivity index (χ1n) is 8.89. The first kappa shape index (κ1) is 24.4. The van der Waals surface area contributed by atoms with Gasteiger partial charge in [0.1, 0.15) is 17.2 Å². The number of alkyl halides is 3. The maximum Gasteiger partial charge on any atom is 0.491 e. The second-order valence-electron chi connectivity index (χ2n) is 6.02. The molecule has 0 atom stereocenters. The molecule has 0 aliphatic rings. The van der Waals surface area contributed by atoms with Crippen LogP contribution in [0, 0.1) is 0 Å². The van der Waals surface area contributed by atoms with Gasteiger partial charge in [-0.25, -0.2) is 4.79 Å². The van der Waals surface area contributed by atoms with Crippen molar-refractivity contribution in [1.29, 1.82) is 0 Å². The zero-order valence-electron chi connectivity index (χ0n) is 17.5. The second-order valence-corrected chi connectivity index (χ2v) is 6.02. The van der Waals surface area contributed by atoms with Gasteiger partial charge in [-0.05, 0) is 18.2 Å². The van der Waals surface area contributed by atoms with Gasteiger partial charge in [-0.1, -0.05) is 0 Å². The van der Waals surface area contributed by atoms with Crippen LogP contribution < -0.4 is 29.0 Å². The number of carbonyl (C=O) groups is 2. The molecule has 8 nitrogen and oxygen atoms in total. The molecular weight excluding hydrogens is 435 g/mol. The van der Waals surface area contributed by atoms with Crippen LogP contribution in [-0.4, -0.2) is 46.5 Å². The van der Waals surface area contributed by atoms with Crippen LogP contribution in [0.3, 0.4) is 0 Å². The predicted octanol–water partition coefficient (Wildman–Crippen LogP) is 3.84. The lowest BCUT2D eigenvalue weighted by Crippen LogP contribution is -2.28. The maximum absolute atomic E-state index is 12.5. The first-order chi connectivity index (χ1) is 15.1. The van der Waals surface area contributed by atoms with E-state index in [4.69, 9.17) is 18.9 Å². The van der Waals surface area contributed by atoms with Gasteiger partial charge in [0.15, 0.2) is 11.5 Å². The number of hydrogen-bond acceptors (Lipinski definition) is 7. The Morgan fingerprint density at radius 3 is 1.94 bits per heavy atom. The largest absolute Gasteiger partial charge is 0.496 e. The molecule has 2 aromatic carbocycles. The van der Waals surface area contributed by atoms with Crippen LogP contribution in [0.2, 0.25) is 0 Å². The molecule has 0 saturated carbocycles. The van der Waals surface area contributed by atoms with Crippen molar-refractivity contribution in [1.82, 2.24) is 0 Å². The molecule has 0 aliphatic carbocycles. The Morgan fingerprint density at radius 1 is 0.844 bits per heavy atom. The summed E-state index contributed by atoms with van der Waals surface area (Å²) >= 11 is 0. The smallest absolute Gasteiger partial charge is 0.491 e. The van der Waals surface area contributed by atoms with E-state index in [2.05, 4.69) is 10.1 Å². The molecule has 1 N–H and O–H groups in total. The monoisotopic (exact) mass is 455 g/mol. The second kappa shape index (κ2) is 10.4. The van der Waals surface area contributed by atoms with E-state index in [1.54, 1.807) is 12.1 Å². The predicted molar refractivity (Wildman–Crippen MR) is 108 cm³/mol. The fourth-order valence-electron chi connectivity index (χ4n) is 2.53. The normalized spacial score (nSPS) is 11.1. The van der Waals surface area contributed by atoms with Gasteiger partial charge in [0.2, 0.25) is 5.91 Å². The molecule has 32 heavy (non-hydrogen) atoms. The fraction of sp³-hybridized carbons (Fsp3) is 0.238. The molecule has 11 heteroatoms. The SMILES string of the molecule is COc1cc(OC)c(C=CC(=O)Nc2ccc(OC)c(OC(=O)C(F)(F)F)c2)c(OC)c1. The summed E-state index contributed by atoms with van der Waals surface area (Å²) in [6.07, 6.45) is -2.59. The minimum Gasteiger partial charge on any atom is -0.496 e. The van der Waals surface area contributed by atoms with Crippen LogP contribution in [-0.2, 0) is 9.59 Å². The number of carbonyl (C=O) groups excluding carboxylic acids is 2. The van der Waals surface area contributed by atoms with E-state index in [1.807, 2.05) is 0 Å². The molecule has 2 aromatic rings. The average Bonchev–Trinajstić information content (AvgIpc) is 2.76. The molecule has 0 radical (unpaired) electrons. The Kier molecular flexibility index (Phi) is 7.94. The number of hydrogen-bond donors (Lipinski definition) is 1. The molecule has 0 bridgehead atoms. The lowest BCUT2D eigenvalue weighted by atomic mass is 10.1. The average molecular weight is 455 g/mol. The van der Waals surface area contributed by atoms with E-state index in [-0.39, 0.29) is 11.4 Å². The van der Waals surface area contributed by atoms with E-state index in [1.165, 1.54) is 52.7 Å². The summed E-state index contributed by atoms with van der Waals surface area (Å²) in [7, 11) is 5.54. The highest BCUT2D eigenvalue weighted by molar-refractivity contribution is 6.02. The Morgan fingerprint density at radius 2 is 1.44 bits per heavy atom. The Balaban J connectivity index is 2.24. The topological polar surface area (TPSA) is 92.3 Å². The van der Waals surface area contributed by atoms with Crippen molar-refractivity contribution in [3.8, 4) is 28.7 Å². The number of amides is 1. The Labute approximate surface area is 181 Å². The van der Waals surface area contributed by atoms with Gasteiger partial charge in [-0.2, -0.15) is 13.2 Å². The molecule has 0 aromatic heterocycles. The molecule has 0 heterocycles. The molecule has 0 saturated heterocycles. The van der Waals surface area contributed by atoms with Crippen LogP contribution >= 0.6 is 0 Å². The lowest BCUT2D eigenvalue weighted by Gasteiger charge is -2.13. The van der Waals surface area contributed by atoms with Gasteiger partial charge >= 0.3 is 12.1 Å². The number of anilines is 1. The number of halogens is 3. The van der Waals surface area contributed by atoms with E-state index in [0.717, 1.165) is 6.07 Å². The van der Waals surface area contributed by atoms with E-state index >= 15 is 0 Å². The van der Waals surface area contributed by atoms with Crippen LogP contribution in [0.4, 0.5) is 18.9 Å². The molecule has 2 rings (SSSR count). The molecule has 0 aliphatic heterocycles. The highest BCUT2D eigenvalue weighted by Gasteiger charge is 2.41. The summed E-state index contributed by atoms with van der Waals surface area (Å²) in [5.74, 6) is -2.41. The minimum absolute atomic E-state index is 0.0686. The first-order valence-corrected chi connectivity index (χ1v) is 8.89. The van der Waals surface area contributed by atoms with Gasteiger partial charge in [0.25, 0.3) is 0 Å². The van der Waals surface area contributed by atoms with Gasteiger partial charge in [-0.15, -0.1) is 0 Å². The van der Waals surface area contributed by atoms with E-state index < -0.39 is 23.8 Å². The Bertz CT molecular complexity index is 994. The van der Waals surface area contributed by atoms with Crippen molar-refractivity contribution >= 4 is 23.6 Å². The number of nitrogens with one attached hydrogen (secondary N) is 1. The number of ether oxygens (including phenoxy) is 5. The highest BCUT2D eigenvalue weighted by atomic mass is 19.4. The third kappa shape index (κ3) is 6.06. The molecule has 0 spiro atoms. The fourth-order valence-corrected chi connectivity index (χ4v) is 2.53. The quantitative estimate of drug-likeness (QED) is 0.367. The van der Waals surface area contributed by atoms with Crippen molar-refractivity contribution in [3.63, 3.8) is 0 Å². The van der Waals surface area contributed by atoms with Crippen molar-refractivity contribution in [2.75, 3.05) is 33.8 Å². The van der Waals surface area contributed by atoms with E-state index in [0.29, 0.717) is 22.8 Å². The maximum atomic E-state index is 12.5. The number of methoxy groups -OCH3 is 4.